The van der Waals surface area contributed by atoms with Gasteiger partial charge in [0.15, 0.2) is 0 Å². The Morgan fingerprint density at radius 1 is 1.08 bits per heavy atom. The van der Waals surface area contributed by atoms with Gasteiger partial charge in [-0.05, 0) is 26.3 Å². The Balaban J connectivity index is 1.82. The Labute approximate surface area is 151 Å². The van der Waals surface area contributed by atoms with Gasteiger partial charge in [-0.3, -0.25) is 14.3 Å². The Morgan fingerprint density at radius 3 is 2.38 bits per heavy atom. The molecule has 1 N–H and O–H groups in total. The molecule has 0 saturated carbocycles. The lowest BCUT2D eigenvalue weighted by Crippen LogP contribution is -2.25. The lowest BCUT2D eigenvalue weighted by Gasteiger charge is -2.09. The molecule has 0 atom stereocenters. The Bertz CT molecular complexity index is 969. The summed E-state index contributed by atoms with van der Waals surface area (Å²) in [6.45, 7) is 5.83. The predicted octanol–water partition coefficient (Wildman–Crippen LogP) is 2.41. The van der Waals surface area contributed by atoms with Gasteiger partial charge in [0.05, 0.1) is 23.5 Å². The fourth-order valence-corrected chi connectivity index (χ4v) is 2.91. The summed E-state index contributed by atoms with van der Waals surface area (Å²) in [7, 11) is 1.75. The Morgan fingerprint density at radius 2 is 1.77 bits per heavy atom. The van der Waals surface area contributed by atoms with Gasteiger partial charge in [0.2, 0.25) is 0 Å². The van der Waals surface area contributed by atoms with E-state index < -0.39 is 11.7 Å². The van der Waals surface area contributed by atoms with Gasteiger partial charge >= 0.3 is 0 Å². The zero-order valence-corrected chi connectivity index (χ0v) is 15.3. The first-order valence-corrected chi connectivity index (χ1v) is 8.31. The molecule has 2 aromatic heterocycles. The third-order valence-corrected chi connectivity index (χ3v) is 4.26. The smallest absolute Gasteiger partial charge is 0.298 e. The summed E-state index contributed by atoms with van der Waals surface area (Å²) in [4.78, 5) is 25.1. The van der Waals surface area contributed by atoms with Crippen LogP contribution in [0.4, 0.5) is 5.82 Å². The van der Waals surface area contributed by atoms with E-state index in [1.54, 1.807) is 36.3 Å². The zero-order chi connectivity index (χ0) is 18.8. The molecule has 0 saturated heterocycles. The lowest BCUT2D eigenvalue weighted by atomic mass is 10.1. The summed E-state index contributed by atoms with van der Waals surface area (Å²) < 4.78 is 3.28. The third kappa shape index (κ3) is 3.42. The molecule has 2 heterocycles. The number of benzene rings is 1. The van der Waals surface area contributed by atoms with Crippen LogP contribution in [0.25, 0.3) is 0 Å². The number of hydrogen-bond donors (Lipinski definition) is 1. The average molecular weight is 351 g/mol. The van der Waals surface area contributed by atoms with Gasteiger partial charge in [-0.15, -0.1) is 0 Å². The van der Waals surface area contributed by atoms with E-state index in [0.29, 0.717) is 29.3 Å². The van der Waals surface area contributed by atoms with Gasteiger partial charge in [0.1, 0.15) is 5.82 Å². The molecule has 0 radical (unpaired) electrons. The van der Waals surface area contributed by atoms with Crippen LogP contribution in [0.5, 0.6) is 0 Å². The second kappa shape index (κ2) is 6.95. The Hall–Kier alpha value is -3.22. The van der Waals surface area contributed by atoms with Crippen LogP contribution in [-0.4, -0.2) is 31.3 Å². The van der Waals surface area contributed by atoms with Crippen LogP contribution < -0.4 is 5.32 Å². The maximum absolute atomic E-state index is 12.6. The SMILES string of the molecule is Cc1cc(NC(=O)C(=O)c2c(C)nn(C)c2C)n(Cc2ccccc2)n1. The van der Waals surface area contributed by atoms with Crippen LogP contribution in [0.15, 0.2) is 36.4 Å². The quantitative estimate of drug-likeness (QED) is 0.565. The van der Waals surface area contributed by atoms with Crippen molar-refractivity contribution in [1.29, 1.82) is 0 Å². The normalized spacial score (nSPS) is 10.8. The van der Waals surface area contributed by atoms with Crippen molar-refractivity contribution in [3.8, 4) is 0 Å². The van der Waals surface area contributed by atoms with E-state index in [1.807, 2.05) is 37.3 Å². The molecule has 0 spiro atoms. The fourth-order valence-electron chi connectivity index (χ4n) is 2.91. The second-order valence-corrected chi connectivity index (χ2v) is 6.27. The summed E-state index contributed by atoms with van der Waals surface area (Å²) in [5.41, 5.74) is 3.36. The van der Waals surface area contributed by atoms with Crippen molar-refractivity contribution in [2.24, 2.45) is 7.05 Å². The van der Waals surface area contributed by atoms with E-state index in [0.717, 1.165) is 11.3 Å². The van der Waals surface area contributed by atoms with Crippen molar-refractivity contribution in [1.82, 2.24) is 19.6 Å². The highest BCUT2D eigenvalue weighted by molar-refractivity contribution is 6.47. The first-order valence-electron chi connectivity index (χ1n) is 8.31. The maximum atomic E-state index is 12.6. The molecule has 3 aromatic rings. The number of nitrogens with zero attached hydrogens (tertiary/aromatic N) is 4. The minimum Gasteiger partial charge on any atom is -0.304 e. The number of anilines is 1. The van der Waals surface area contributed by atoms with Crippen LogP contribution in [0.3, 0.4) is 0 Å². The number of carbonyl (C=O) groups excluding carboxylic acids is 2. The van der Waals surface area contributed by atoms with Crippen molar-refractivity contribution in [3.05, 3.63) is 64.6 Å². The third-order valence-electron chi connectivity index (χ3n) is 4.26. The van der Waals surface area contributed by atoms with E-state index in [9.17, 15) is 9.59 Å². The maximum Gasteiger partial charge on any atom is 0.298 e. The van der Waals surface area contributed by atoms with Gasteiger partial charge in [-0.1, -0.05) is 30.3 Å². The molecule has 1 amide bonds. The highest BCUT2D eigenvalue weighted by Crippen LogP contribution is 2.16. The van der Waals surface area contributed by atoms with E-state index in [-0.39, 0.29) is 0 Å². The molecule has 134 valence electrons. The number of hydrogen-bond acceptors (Lipinski definition) is 4. The number of ketones is 1. The molecule has 7 heteroatoms. The largest absolute Gasteiger partial charge is 0.304 e. The van der Waals surface area contributed by atoms with Gasteiger partial charge < -0.3 is 5.32 Å². The second-order valence-electron chi connectivity index (χ2n) is 6.27. The molecule has 26 heavy (non-hydrogen) atoms. The fraction of sp³-hybridized carbons (Fsp3) is 0.263. The molecule has 0 unspecified atom stereocenters. The minimum atomic E-state index is -0.696. The highest BCUT2D eigenvalue weighted by atomic mass is 16.2. The van der Waals surface area contributed by atoms with Crippen LogP contribution in [0.1, 0.15) is 33.0 Å². The van der Waals surface area contributed by atoms with E-state index in [1.165, 1.54) is 0 Å². The summed E-state index contributed by atoms with van der Waals surface area (Å²) in [6.07, 6.45) is 0. The summed E-state index contributed by atoms with van der Waals surface area (Å²) >= 11 is 0. The first kappa shape index (κ1) is 17.6. The van der Waals surface area contributed by atoms with Crippen LogP contribution in [-0.2, 0) is 18.4 Å². The number of aromatic nitrogens is 4. The standard InChI is InChI=1S/C19H21N5O2/c1-12-10-16(24(21-12)11-15-8-6-5-7-9-15)20-19(26)18(25)17-13(2)22-23(4)14(17)3/h5-10H,11H2,1-4H3,(H,20,26). The van der Waals surface area contributed by atoms with Crippen LogP contribution >= 0.6 is 0 Å². The lowest BCUT2D eigenvalue weighted by molar-refractivity contribution is -0.112. The van der Waals surface area contributed by atoms with Crippen molar-refractivity contribution >= 4 is 17.5 Å². The molecule has 7 nitrogen and oxygen atoms in total. The molecular weight excluding hydrogens is 330 g/mol. The molecular formula is C19H21N5O2. The van der Waals surface area contributed by atoms with Crippen molar-refractivity contribution in [2.75, 3.05) is 5.32 Å². The number of nitrogens with one attached hydrogen (secondary N) is 1. The Kier molecular flexibility index (Phi) is 4.71. The monoisotopic (exact) mass is 351 g/mol. The number of Topliss-reactive ketones (excluding diaryl/α,β-unsaturated/α-hetero) is 1. The van der Waals surface area contributed by atoms with Crippen LogP contribution in [0, 0.1) is 20.8 Å². The van der Waals surface area contributed by atoms with Gasteiger partial charge in [-0.2, -0.15) is 10.2 Å². The van der Waals surface area contributed by atoms with Gasteiger partial charge in [0, 0.05) is 18.8 Å². The van der Waals surface area contributed by atoms with Crippen molar-refractivity contribution in [3.63, 3.8) is 0 Å². The van der Waals surface area contributed by atoms with Crippen molar-refractivity contribution < 1.29 is 9.59 Å². The molecule has 3 rings (SSSR count). The summed E-state index contributed by atoms with van der Waals surface area (Å²) in [5, 5.41) is 11.3. The van der Waals surface area contributed by atoms with Crippen molar-refractivity contribution in [2.45, 2.75) is 27.3 Å². The zero-order valence-electron chi connectivity index (χ0n) is 15.3. The minimum absolute atomic E-state index is 0.343. The molecule has 0 aliphatic rings. The first-order chi connectivity index (χ1) is 12.4. The van der Waals surface area contributed by atoms with E-state index in [4.69, 9.17) is 0 Å². The summed E-state index contributed by atoms with van der Waals surface area (Å²) in [5.74, 6) is -0.805. The number of amides is 1. The van der Waals surface area contributed by atoms with E-state index >= 15 is 0 Å². The molecule has 0 bridgehead atoms. The van der Waals surface area contributed by atoms with E-state index in [2.05, 4.69) is 15.5 Å². The number of aryl methyl sites for hydroxylation is 3. The summed E-state index contributed by atoms with van der Waals surface area (Å²) in [6, 6.07) is 11.5. The van der Waals surface area contributed by atoms with Crippen LogP contribution in [0.2, 0.25) is 0 Å². The average Bonchev–Trinajstić information content (AvgIpc) is 3.06. The topological polar surface area (TPSA) is 81.8 Å². The van der Waals surface area contributed by atoms with Gasteiger partial charge in [0.25, 0.3) is 11.7 Å². The molecule has 0 aliphatic carbocycles. The highest BCUT2D eigenvalue weighted by Gasteiger charge is 2.25. The molecule has 1 aromatic carbocycles. The van der Waals surface area contributed by atoms with Gasteiger partial charge in [-0.25, -0.2) is 4.68 Å². The number of carbonyl (C=O) groups is 2. The molecule has 0 aliphatic heterocycles. The predicted molar refractivity (Wildman–Crippen MR) is 98.2 cm³/mol. The number of rotatable bonds is 5. The molecule has 0 fully saturated rings.